The van der Waals surface area contributed by atoms with Gasteiger partial charge < -0.3 is 19.4 Å². The molecule has 0 saturated carbocycles. The third-order valence-corrected chi connectivity index (χ3v) is 5.97. The van der Waals surface area contributed by atoms with E-state index in [0.717, 1.165) is 37.2 Å². The molecule has 2 bridgehead atoms. The summed E-state index contributed by atoms with van der Waals surface area (Å²) in [5, 5.41) is 6.11. The number of halogens is 2. The number of methoxy groups -OCH3 is 1. The molecule has 0 amide bonds. The fourth-order valence-corrected chi connectivity index (χ4v) is 4.47. The van der Waals surface area contributed by atoms with Gasteiger partial charge in [0.15, 0.2) is 5.58 Å². The second-order valence-electron chi connectivity index (χ2n) is 7.00. The Morgan fingerprint density at radius 1 is 1.37 bits per heavy atom. The normalized spacial score (nSPS) is 22.3. The Morgan fingerprint density at radius 2 is 2.15 bits per heavy atom. The van der Waals surface area contributed by atoms with E-state index in [2.05, 4.69) is 24.9 Å². The van der Waals surface area contributed by atoms with Crippen LogP contribution in [0.1, 0.15) is 12.0 Å². The topological polar surface area (TPSA) is 63.4 Å². The minimum Gasteiger partial charge on any atom is -0.423 e. The van der Waals surface area contributed by atoms with Gasteiger partial charge >= 0.3 is 6.11 Å². The third kappa shape index (κ3) is 2.99. The average Bonchev–Trinajstić information content (AvgIpc) is 3.31. The maximum atomic E-state index is 13.8. The van der Waals surface area contributed by atoms with Crippen LogP contribution in [-0.4, -0.2) is 48.4 Å². The number of rotatable bonds is 5. The number of hydrogen-bond donors (Lipinski definition) is 1. The zero-order chi connectivity index (χ0) is 18.6. The third-order valence-electron chi connectivity index (χ3n) is 5.17. The van der Waals surface area contributed by atoms with Crippen LogP contribution in [-0.2, 0) is 11.2 Å². The average molecular weight is 392 g/mol. The number of thiazole rings is 1. The summed E-state index contributed by atoms with van der Waals surface area (Å²) in [6, 6.07) is 4.79. The van der Waals surface area contributed by atoms with Gasteiger partial charge in [-0.05, 0) is 18.1 Å². The van der Waals surface area contributed by atoms with Gasteiger partial charge in [0.1, 0.15) is 10.5 Å². The van der Waals surface area contributed by atoms with E-state index in [0.29, 0.717) is 34.8 Å². The van der Waals surface area contributed by atoms with Crippen LogP contribution in [0.5, 0.6) is 0 Å². The number of aromatic nitrogens is 2. The molecule has 3 aromatic rings. The van der Waals surface area contributed by atoms with Crippen molar-refractivity contribution < 1.29 is 17.9 Å². The summed E-state index contributed by atoms with van der Waals surface area (Å²) in [5.41, 5.74) is 2.11. The quantitative estimate of drug-likeness (QED) is 0.719. The van der Waals surface area contributed by atoms with E-state index < -0.39 is 12.5 Å². The van der Waals surface area contributed by atoms with Crippen LogP contribution < -0.4 is 10.2 Å². The maximum Gasteiger partial charge on any atom is 0.359 e. The molecular formula is C18H18F2N4O2S. The van der Waals surface area contributed by atoms with Crippen molar-refractivity contribution in [3.63, 3.8) is 0 Å². The summed E-state index contributed by atoms with van der Waals surface area (Å²) < 4.78 is 38.1. The number of anilines is 1. The van der Waals surface area contributed by atoms with E-state index in [9.17, 15) is 8.78 Å². The van der Waals surface area contributed by atoms with Crippen LogP contribution in [0.25, 0.3) is 21.7 Å². The number of nitrogens with one attached hydrogen (secondary N) is 1. The molecule has 3 aliphatic heterocycles. The molecule has 2 atom stereocenters. The van der Waals surface area contributed by atoms with Crippen LogP contribution in [0.15, 0.2) is 28.1 Å². The molecular weight excluding hydrogens is 374 g/mol. The van der Waals surface area contributed by atoms with Crippen LogP contribution in [0.4, 0.5) is 14.8 Å². The number of nitrogens with zero attached hydrogens (tertiary/aromatic N) is 3. The van der Waals surface area contributed by atoms with E-state index in [4.69, 9.17) is 4.42 Å². The van der Waals surface area contributed by atoms with Crippen LogP contribution in [0.3, 0.4) is 0 Å². The molecule has 2 aromatic heterocycles. The smallest absolute Gasteiger partial charge is 0.359 e. The number of alkyl halides is 2. The van der Waals surface area contributed by atoms with Gasteiger partial charge in [-0.3, -0.25) is 0 Å². The predicted molar refractivity (Wildman–Crippen MR) is 98.3 cm³/mol. The molecule has 9 heteroatoms. The van der Waals surface area contributed by atoms with E-state index in [1.54, 1.807) is 18.3 Å². The number of piperazine rings is 1. The lowest BCUT2D eigenvalue weighted by atomic mass is 9.92. The van der Waals surface area contributed by atoms with Crippen molar-refractivity contribution in [1.29, 1.82) is 0 Å². The Kier molecular flexibility index (Phi) is 3.92. The fraction of sp³-hybridized carbons (Fsp3) is 0.444. The van der Waals surface area contributed by atoms with Gasteiger partial charge in [-0.1, -0.05) is 6.07 Å². The molecule has 0 radical (unpaired) electrons. The summed E-state index contributed by atoms with van der Waals surface area (Å²) in [6.07, 6.45) is -0.950. The second kappa shape index (κ2) is 6.22. The SMILES string of the molecule is COC(F)(F)Cc1ccc(-c2nccs2)c2oc(N3CC4CC(C3)N4)nc12. The number of ether oxygens (including phenoxy) is 1. The van der Waals surface area contributed by atoms with Crippen molar-refractivity contribution in [2.45, 2.75) is 31.0 Å². The lowest BCUT2D eigenvalue weighted by molar-refractivity contribution is -0.219. The highest BCUT2D eigenvalue weighted by molar-refractivity contribution is 7.13. The Labute approximate surface area is 158 Å². The molecule has 1 N–H and O–H groups in total. The van der Waals surface area contributed by atoms with Gasteiger partial charge in [0.05, 0.1) is 12.0 Å². The van der Waals surface area contributed by atoms with Gasteiger partial charge in [-0.15, -0.1) is 11.3 Å². The first kappa shape index (κ1) is 17.0. The minimum atomic E-state index is -3.26. The van der Waals surface area contributed by atoms with Gasteiger partial charge in [0.25, 0.3) is 6.01 Å². The summed E-state index contributed by atoms with van der Waals surface area (Å²) in [4.78, 5) is 11.0. The molecule has 1 aromatic carbocycles. The summed E-state index contributed by atoms with van der Waals surface area (Å²) in [6.45, 7) is 1.61. The van der Waals surface area contributed by atoms with Gasteiger partial charge in [-0.2, -0.15) is 13.8 Å². The fourth-order valence-electron chi connectivity index (χ4n) is 3.81. The monoisotopic (exact) mass is 392 g/mol. The van der Waals surface area contributed by atoms with Gasteiger partial charge in [-0.25, -0.2) is 4.98 Å². The number of fused-ring (bicyclic) bond motifs is 3. The Balaban J connectivity index is 1.60. The molecule has 3 saturated heterocycles. The standard InChI is InChI=1S/C18H18F2N4O2S/c1-25-18(19,20)7-10-2-3-13(16-21-4-5-27-16)15-14(10)23-17(26-15)24-8-11-6-12(9-24)22-11/h2-5,11-12,22H,6-9H2,1H3. The molecule has 27 heavy (non-hydrogen) atoms. The number of hydrogen-bond acceptors (Lipinski definition) is 7. The molecule has 6 nitrogen and oxygen atoms in total. The number of piperidine rings is 1. The predicted octanol–water partition coefficient (Wildman–Crippen LogP) is 3.28. The molecule has 0 aliphatic carbocycles. The van der Waals surface area contributed by atoms with Crippen molar-refractivity contribution in [1.82, 2.24) is 15.3 Å². The van der Waals surface area contributed by atoms with E-state index in [1.807, 2.05) is 5.38 Å². The highest BCUT2D eigenvalue weighted by Gasteiger charge is 2.38. The molecule has 5 heterocycles. The highest BCUT2D eigenvalue weighted by Crippen LogP contribution is 2.37. The van der Waals surface area contributed by atoms with E-state index in [1.165, 1.54) is 11.3 Å². The highest BCUT2D eigenvalue weighted by atomic mass is 32.1. The van der Waals surface area contributed by atoms with E-state index >= 15 is 0 Å². The zero-order valence-electron chi connectivity index (χ0n) is 14.6. The molecule has 2 unspecified atom stereocenters. The van der Waals surface area contributed by atoms with Crippen molar-refractivity contribution in [3.05, 3.63) is 29.3 Å². The van der Waals surface area contributed by atoms with Crippen molar-refractivity contribution >= 4 is 28.5 Å². The zero-order valence-corrected chi connectivity index (χ0v) is 15.4. The lowest BCUT2D eigenvalue weighted by Gasteiger charge is -2.47. The maximum absolute atomic E-state index is 13.8. The van der Waals surface area contributed by atoms with Gasteiger partial charge in [0, 0.05) is 43.9 Å². The Bertz CT molecular complexity index is 959. The van der Waals surface area contributed by atoms with Crippen LogP contribution >= 0.6 is 11.3 Å². The van der Waals surface area contributed by atoms with E-state index in [-0.39, 0.29) is 0 Å². The molecule has 3 fully saturated rings. The Hall–Kier alpha value is -2.10. The molecule has 3 aliphatic rings. The van der Waals surface area contributed by atoms with Gasteiger partial charge in [0.2, 0.25) is 0 Å². The molecule has 6 rings (SSSR count). The molecule has 142 valence electrons. The van der Waals surface area contributed by atoms with Crippen LogP contribution in [0, 0.1) is 0 Å². The second-order valence-corrected chi connectivity index (χ2v) is 7.90. The summed E-state index contributed by atoms with van der Waals surface area (Å²) in [7, 11) is 1.00. The first-order valence-corrected chi connectivity index (χ1v) is 9.66. The lowest BCUT2D eigenvalue weighted by Crippen LogP contribution is -2.67. The summed E-state index contributed by atoms with van der Waals surface area (Å²) >= 11 is 1.47. The van der Waals surface area contributed by atoms with Crippen molar-refractivity contribution in [3.8, 4) is 10.6 Å². The number of oxazole rings is 1. The first-order chi connectivity index (χ1) is 13.0. The number of benzene rings is 1. The molecule has 0 spiro atoms. The van der Waals surface area contributed by atoms with Crippen molar-refractivity contribution in [2.75, 3.05) is 25.1 Å². The summed E-state index contributed by atoms with van der Waals surface area (Å²) in [5.74, 6) is 0. The van der Waals surface area contributed by atoms with Crippen LogP contribution in [0.2, 0.25) is 0 Å². The first-order valence-electron chi connectivity index (χ1n) is 8.78. The largest absolute Gasteiger partial charge is 0.423 e. The Morgan fingerprint density at radius 3 is 2.81 bits per heavy atom. The minimum absolute atomic E-state index is 0.396. The van der Waals surface area contributed by atoms with Crippen molar-refractivity contribution in [2.24, 2.45) is 0 Å².